The SMILES string of the molecule is COC1=C(OC)C2C(=O)NC(=O)C2(CCCC2CCCN(CCCc3cccnc3)C2)C=C1. The number of likely N-dealkylation sites (tertiary alicyclic amines) is 1. The van der Waals surface area contributed by atoms with Crippen LogP contribution in [0, 0.1) is 17.3 Å². The van der Waals surface area contributed by atoms with Crippen molar-refractivity contribution in [1.29, 1.82) is 0 Å². The Morgan fingerprint density at radius 2 is 2.12 bits per heavy atom. The molecule has 7 nitrogen and oxygen atoms in total. The third-order valence-electron chi connectivity index (χ3n) is 7.38. The third kappa shape index (κ3) is 4.98. The van der Waals surface area contributed by atoms with Crippen LogP contribution in [0.4, 0.5) is 0 Å². The van der Waals surface area contributed by atoms with Gasteiger partial charge in [0.25, 0.3) is 0 Å². The monoisotopic (exact) mass is 453 g/mol. The number of hydrogen-bond donors (Lipinski definition) is 1. The maximum absolute atomic E-state index is 12.9. The fourth-order valence-corrected chi connectivity index (χ4v) is 5.69. The highest BCUT2D eigenvalue weighted by Crippen LogP contribution is 2.48. The molecule has 1 aliphatic carbocycles. The van der Waals surface area contributed by atoms with E-state index in [1.807, 2.05) is 24.5 Å². The van der Waals surface area contributed by atoms with Gasteiger partial charge in [-0.25, -0.2) is 0 Å². The molecule has 0 saturated carbocycles. The van der Waals surface area contributed by atoms with Gasteiger partial charge >= 0.3 is 0 Å². The number of pyridine rings is 1. The number of methoxy groups -OCH3 is 2. The average molecular weight is 454 g/mol. The number of rotatable bonds is 10. The van der Waals surface area contributed by atoms with Gasteiger partial charge in [0, 0.05) is 18.9 Å². The van der Waals surface area contributed by atoms with Crippen LogP contribution in [0.1, 0.15) is 44.1 Å². The molecular formula is C26H35N3O4. The summed E-state index contributed by atoms with van der Waals surface area (Å²) < 4.78 is 10.9. The molecule has 2 saturated heterocycles. The Morgan fingerprint density at radius 1 is 1.24 bits per heavy atom. The van der Waals surface area contributed by atoms with Crippen LogP contribution in [0.5, 0.6) is 0 Å². The number of allylic oxidation sites excluding steroid dienone is 1. The van der Waals surface area contributed by atoms with Crippen molar-refractivity contribution in [3.8, 4) is 0 Å². The lowest BCUT2D eigenvalue weighted by Crippen LogP contribution is -2.38. The molecule has 1 aromatic rings. The van der Waals surface area contributed by atoms with Gasteiger partial charge in [0.1, 0.15) is 5.92 Å². The van der Waals surface area contributed by atoms with Gasteiger partial charge in [0.2, 0.25) is 11.8 Å². The van der Waals surface area contributed by atoms with Crippen molar-refractivity contribution in [2.75, 3.05) is 33.9 Å². The molecule has 3 unspecified atom stereocenters. The van der Waals surface area contributed by atoms with E-state index in [0.29, 0.717) is 23.9 Å². The van der Waals surface area contributed by atoms with Crippen molar-refractivity contribution in [3.63, 3.8) is 0 Å². The summed E-state index contributed by atoms with van der Waals surface area (Å²) in [7, 11) is 3.07. The van der Waals surface area contributed by atoms with E-state index >= 15 is 0 Å². The highest BCUT2D eigenvalue weighted by Gasteiger charge is 2.57. The molecule has 3 aliphatic rings. The van der Waals surface area contributed by atoms with Crippen molar-refractivity contribution < 1.29 is 19.1 Å². The van der Waals surface area contributed by atoms with Crippen LogP contribution in [0.25, 0.3) is 0 Å². The van der Waals surface area contributed by atoms with Gasteiger partial charge in [-0.1, -0.05) is 18.6 Å². The molecule has 2 aliphatic heterocycles. The molecule has 3 atom stereocenters. The molecule has 1 N–H and O–H groups in total. The Morgan fingerprint density at radius 3 is 2.88 bits per heavy atom. The Labute approximate surface area is 196 Å². The molecular weight excluding hydrogens is 418 g/mol. The average Bonchev–Trinajstić information content (AvgIpc) is 3.09. The Balaban J connectivity index is 1.30. The summed E-state index contributed by atoms with van der Waals surface area (Å²) >= 11 is 0. The quantitative estimate of drug-likeness (QED) is 0.548. The Bertz CT molecular complexity index is 913. The van der Waals surface area contributed by atoms with E-state index in [9.17, 15) is 9.59 Å². The summed E-state index contributed by atoms with van der Waals surface area (Å²) in [5.41, 5.74) is 0.425. The normalized spacial score (nSPS) is 27.5. The smallest absolute Gasteiger partial charge is 0.238 e. The van der Waals surface area contributed by atoms with Crippen LogP contribution >= 0.6 is 0 Å². The second-order valence-electron chi connectivity index (χ2n) is 9.43. The van der Waals surface area contributed by atoms with Gasteiger partial charge in [0.05, 0.1) is 19.6 Å². The topological polar surface area (TPSA) is 80.8 Å². The van der Waals surface area contributed by atoms with Crippen LogP contribution < -0.4 is 5.32 Å². The van der Waals surface area contributed by atoms with E-state index < -0.39 is 11.3 Å². The lowest BCUT2D eigenvalue weighted by Gasteiger charge is -2.35. The number of ether oxygens (including phenoxy) is 2. The predicted molar refractivity (Wildman–Crippen MR) is 125 cm³/mol. The molecule has 33 heavy (non-hydrogen) atoms. The number of imide groups is 1. The number of nitrogens with one attached hydrogen (secondary N) is 1. The zero-order valence-corrected chi connectivity index (χ0v) is 19.7. The molecule has 3 heterocycles. The fraction of sp³-hybridized carbons (Fsp3) is 0.577. The fourth-order valence-electron chi connectivity index (χ4n) is 5.69. The number of fused-ring (bicyclic) bond motifs is 1. The first-order chi connectivity index (χ1) is 16.1. The number of carbonyl (C=O) groups is 2. The maximum Gasteiger partial charge on any atom is 0.238 e. The van der Waals surface area contributed by atoms with Crippen LogP contribution in [-0.4, -0.2) is 55.6 Å². The lowest BCUT2D eigenvalue weighted by atomic mass is 9.69. The number of amides is 2. The van der Waals surface area contributed by atoms with Crippen LogP contribution in [0.15, 0.2) is 48.2 Å². The number of aryl methyl sites for hydroxylation is 1. The maximum atomic E-state index is 12.9. The number of carbonyl (C=O) groups excluding carboxylic acids is 2. The molecule has 4 rings (SSSR count). The van der Waals surface area contributed by atoms with E-state index in [2.05, 4.69) is 21.3 Å². The van der Waals surface area contributed by atoms with E-state index in [-0.39, 0.29) is 11.8 Å². The molecule has 0 aromatic carbocycles. The van der Waals surface area contributed by atoms with Gasteiger partial charge in [-0.15, -0.1) is 0 Å². The zero-order chi connectivity index (χ0) is 23.3. The number of nitrogens with zero attached hydrogens (tertiary/aromatic N) is 2. The summed E-state index contributed by atoms with van der Waals surface area (Å²) in [5.74, 6) is 0.419. The van der Waals surface area contributed by atoms with Crippen LogP contribution in [0.2, 0.25) is 0 Å². The highest BCUT2D eigenvalue weighted by molar-refractivity contribution is 6.10. The minimum Gasteiger partial charge on any atom is -0.496 e. The molecule has 2 amide bonds. The van der Waals surface area contributed by atoms with Crippen molar-refractivity contribution in [2.45, 2.75) is 44.9 Å². The van der Waals surface area contributed by atoms with Gasteiger partial charge in [-0.2, -0.15) is 0 Å². The lowest BCUT2D eigenvalue weighted by molar-refractivity contribution is -0.127. The number of hydrogen-bond acceptors (Lipinski definition) is 6. The Hall–Kier alpha value is -2.67. The largest absolute Gasteiger partial charge is 0.496 e. The zero-order valence-electron chi connectivity index (χ0n) is 19.7. The highest BCUT2D eigenvalue weighted by atomic mass is 16.5. The summed E-state index contributed by atoms with van der Waals surface area (Å²) in [6, 6.07) is 4.14. The standard InChI is InChI=1S/C26H35N3O4/c1-32-21-11-13-26(22(23(21)33-2)24(30)28-25(26)31)12-3-7-20-10-6-16-29(18-20)15-5-9-19-8-4-14-27-17-19/h4,8,11,13-14,17,20,22H,3,5-7,9-10,12,15-16,18H2,1-2H3,(H,28,30,31). The van der Waals surface area contributed by atoms with Gasteiger partial charge in [0.15, 0.2) is 11.5 Å². The van der Waals surface area contributed by atoms with Crippen LogP contribution in [0.3, 0.4) is 0 Å². The van der Waals surface area contributed by atoms with E-state index in [1.165, 1.54) is 25.5 Å². The molecule has 1 aromatic heterocycles. The summed E-state index contributed by atoms with van der Waals surface area (Å²) in [5, 5.41) is 2.53. The minimum atomic E-state index is -0.872. The molecule has 178 valence electrons. The first-order valence-corrected chi connectivity index (χ1v) is 12.1. The summed E-state index contributed by atoms with van der Waals surface area (Å²) in [4.78, 5) is 32.2. The molecule has 0 bridgehead atoms. The predicted octanol–water partition coefficient (Wildman–Crippen LogP) is 3.23. The third-order valence-corrected chi connectivity index (χ3v) is 7.38. The Kier molecular flexibility index (Phi) is 7.48. The molecule has 0 spiro atoms. The van der Waals surface area contributed by atoms with Gasteiger partial charge < -0.3 is 14.4 Å². The van der Waals surface area contributed by atoms with Crippen molar-refractivity contribution in [1.82, 2.24) is 15.2 Å². The molecule has 2 fully saturated rings. The van der Waals surface area contributed by atoms with E-state index in [1.54, 1.807) is 13.2 Å². The first kappa shape index (κ1) is 23.5. The van der Waals surface area contributed by atoms with Gasteiger partial charge in [-0.05, 0) is 75.2 Å². The van der Waals surface area contributed by atoms with Crippen molar-refractivity contribution >= 4 is 11.8 Å². The van der Waals surface area contributed by atoms with Crippen molar-refractivity contribution in [2.24, 2.45) is 17.3 Å². The summed E-state index contributed by atoms with van der Waals surface area (Å²) in [6.07, 6.45) is 14.6. The van der Waals surface area contributed by atoms with Crippen molar-refractivity contribution in [3.05, 3.63) is 53.8 Å². The first-order valence-electron chi connectivity index (χ1n) is 12.1. The van der Waals surface area contributed by atoms with Gasteiger partial charge in [-0.3, -0.25) is 19.9 Å². The molecule has 0 radical (unpaired) electrons. The minimum absolute atomic E-state index is 0.223. The number of piperidine rings is 1. The second kappa shape index (κ2) is 10.5. The summed E-state index contributed by atoms with van der Waals surface area (Å²) in [6.45, 7) is 3.39. The molecule has 7 heteroatoms. The van der Waals surface area contributed by atoms with E-state index in [4.69, 9.17) is 9.47 Å². The van der Waals surface area contributed by atoms with Crippen LogP contribution in [-0.2, 0) is 25.5 Å². The second-order valence-corrected chi connectivity index (χ2v) is 9.43. The van der Waals surface area contributed by atoms with E-state index in [0.717, 1.165) is 45.3 Å². The number of aromatic nitrogens is 1.